The number of nitrogens with one attached hydrogen (secondary N) is 2. The number of halogens is 2. The van der Waals surface area contributed by atoms with Gasteiger partial charge in [-0.05, 0) is 60.5 Å². The number of hydrogen-bond donors (Lipinski definition) is 2. The molecule has 124 valence electrons. The van der Waals surface area contributed by atoms with E-state index in [9.17, 15) is 4.39 Å². The lowest BCUT2D eigenvalue weighted by molar-refractivity contribution is 0.630. The van der Waals surface area contributed by atoms with Crippen LogP contribution in [-0.2, 0) is 0 Å². The summed E-state index contributed by atoms with van der Waals surface area (Å²) in [5.74, 6) is -0.114. The number of nitriles is 1. The quantitative estimate of drug-likeness (QED) is 0.725. The number of benzene rings is 2. The van der Waals surface area contributed by atoms with Gasteiger partial charge in [-0.25, -0.2) is 4.39 Å². The third kappa shape index (κ3) is 4.19. The Morgan fingerprint density at radius 3 is 2.32 bits per heavy atom. The van der Waals surface area contributed by atoms with Crippen LogP contribution in [0.5, 0.6) is 0 Å². The highest BCUT2D eigenvalue weighted by atomic mass is 35.5. The third-order valence-corrected chi connectivity index (χ3v) is 3.42. The lowest BCUT2D eigenvalue weighted by atomic mass is 10.2. The van der Waals surface area contributed by atoms with Crippen molar-refractivity contribution in [1.29, 1.82) is 5.26 Å². The minimum Gasteiger partial charge on any atom is -0.324 e. The van der Waals surface area contributed by atoms with Crippen molar-refractivity contribution in [3.05, 3.63) is 64.7 Å². The normalized spacial score (nSPS) is 10.2. The largest absolute Gasteiger partial charge is 0.324 e. The molecule has 8 heteroatoms. The zero-order valence-corrected chi connectivity index (χ0v) is 13.8. The molecule has 3 aromatic rings. The van der Waals surface area contributed by atoms with Gasteiger partial charge in [-0.3, -0.25) is 0 Å². The highest BCUT2D eigenvalue weighted by Crippen LogP contribution is 2.21. The molecule has 2 aromatic carbocycles. The SMILES string of the molecule is Cc1ccc(Nc2nc(Cl)nc(Nc3ccc(C#N)cc3)n2)c(F)c1. The number of rotatable bonds is 4. The Bertz CT molecular complexity index is 952. The first-order chi connectivity index (χ1) is 12.0. The smallest absolute Gasteiger partial charge is 0.233 e. The predicted molar refractivity (Wildman–Crippen MR) is 93.7 cm³/mol. The molecule has 2 N–H and O–H groups in total. The van der Waals surface area contributed by atoms with E-state index in [1.54, 1.807) is 43.3 Å². The number of aromatic nitrogens is 3. The maximum Gasteiger partial charge on any atom is 0.233 e. The van der Waals surface area contributed by atoms with Gasteiger partial charge in [-0.15, -0.1) is 0 Å². The minimum atomic E-state index is -0.418. The van der Waals surface area contributed by atoms with Crippen molar-refractivity contribution in [2.45, 2.75) is 6.92 Å². The van der Waals surface area contributed by atoms with Gasteiger partial charge in [0.1, 0.15) is 5.82 Å². The summed E-state index contributed by atoms with van der Waals surface area (Å²) in [5, 5.41) is 14.5. The van der Waals surface area contributed by atoms with Crippen molar-refractivity contribution >= 4 is 34.9 Å². The van der Waals surface area contributed by atoms with Crippen LogP contribution in [0.25, 0.3) is 0 Å². The van der Waals surface area contributed by atoms with Crippen molar-refractivity contribution in [3.8, 4) is 6.07 Å². The maximum absolute atomic E-state index is 13.9. The Morgan fingerprint density at radius 1 is 1.00 bits per heavy atom. The van der Waals surface area contributed by atoms with E-state index in [4.69, 9.17) is 16.9 Å². The number of aryl methyl sites for hydroxylation is 1. The molecular formula is C17H12ClFN6. The fraction of sp³-hybridized carbons (Fsp3) is 0.0588. The van der Waals surface area contributed by atoms with Crippen molar-refractivity contribution in [1.82, 2.24) is 15.0 Å². The summed E-state index contributed by atoms with van der Waals surface area (Å²) in [6.07, 6.45) is 0. The molecule has 25 heavy (non-hydrogen) atoms. The van der Waals surface area contributed by atoms with Crippen molar-refractivity contribution in [3.63, 3.8) is 0 Å². The third-order valence-electron chi connectivity index (χ3n) is 3.25. The van der Waals surface area contributed by atoms with E-state index in [1.165, 1.54) is 6.07 Å². The highest BCUT2D eigenvalue weighted by molar-refractivity contribution is 6.28. The second kappa shape index (κ2) is 7.11. The Morgan fingerprint density at radius 2 is 1.68 bits per heavy atom. The lowest BCUT2D eigenvalue weighted by Gasteiger charge is -2.09. The first-order valence-corrected chi connectivity index (χ1v) is 7.63. The first-order valence-electron chi connectivity index (χ1n) is 7.25. The topological polar surface area (TPSA) is 86.5 Å². The lowest BCUT2D eigenvalue weighted by Crippen LogP contribution is -2.05. The van der Waals surface area contributed by atoms with Gasteiger partial charge in [-0.2, -0.15) is 20.2 Å². The number of nitrogens with zero attached hydrogens (tertiary/aromatic N) is 4. The Labute approximate surface area is 148 Å². The molecule has 0 aliphatic heterocycles. The van der Waals surface area contributed by atoms with Crippen LogP contribution < -0.4 is 10.6 Å². The molecule has 0 unspecified atom stereocenters. The van der Waals surface area contributed by atoms with Gasteiger partial charge in [0.25, 0.3) is 0 Å². The Kier molecular flexibility index (Phi) is 4.73. The van der Waals surface area contributed by atoms with Crippen LogP contribution in [0.2, 0.25) is 5.28 Å². The fourth-order valence-electron chi connectivity index (χ4n) is 2.06. The predicted octanol–water partition coefficient (Wildman–Crippen LogP) is 4.33. The molecule has 0 atom stereocenters. The van der Waals surface area contributed by atoms with Crippen LogP contribution in [0.1, 0.15) is 11.1 Å². The summed E-state index contributed by atoms with van der Waals surface area (Å²) in [7, 11) is 0. The van der Waals surface area contributed by atoms with E-state index >= 15 is 0 Å². The minimum absolute atomic E-state index is 0.0406. The van der Waals surface area contributed by atoms with E-state index in [0.717, 1.165) is 5.56 Å². The van der Waals surface area contributed by atoms with Gasteiger partial charge in [0.15, 0.2) is 0 Å². The van der Waals surface area contributed by atoms with Crippen LogP contribution in [0.3, 0.4) is 0 Å². The summed E-state index contributed by atoms with van der Waals surface area (Å²) < 4.78 is 13.9. The van der Waals surface area contributed by atoms with Gasteiger partial charge >= 0.3 is 0 Å². The molecular weight excluding hydrogens is 343 g/mol. The second-order valence-corrected chi connectivity index (χ2v) is 5.51. The molecule has 0 spiro atoms. The van der Waals surface area contributed by atoms with Crippen LogP contribution in [0, 0.1) is 24.1 Å². The molecule has 1 aromatic heterocycles. The van der Waals surface area contributed by atoms with Gasteiger partial charge < -0.3 is 10.6 Å². The van der Waals surface area contributed by atoms with Crippen LogP contribution in [-0.4, -0.2) is 15.0 Å². The van der Waals surface area contributed by atoms with Gasteiger partial charge in [-0.1, -0.05) is 6.07 Å². The summed E-state index contributed by atoms with van der Waals surface area (Å²) in [4.78, 5) is 12.1. The van der Waals surface area contributed by atoms with Gasteiger partial charge in [0.05, 0.1) is 17.3 Å². The molecule has 0 amide bonds. The molecule has 6 nitrogen and oxygen atoms in total. The van der Waals surface area contributed by atoms with Crippen molar-refractivity contribution in [2.24, 2.45) is 0 Å². The fourth-order valence-corrected chi connectivity index (χ4v) is 2.22. The van der Waals surface area contributed by atoms with E-state index < -0.39 is 5.82 Å². The first kappa shape index (κ1) is 16.6. The molecule has 0 aliphatic carbocycles. The second-order valence-electron chi connectivity index (χ2n) is 5.17. The number of hydrogen-bond acceptors (Lipinski definition) is 6. The molecule has 0 bridgehead atoms. The van der Waals surface area contributed by atoms with Crippen LogP contribution >= 0.6 is 11.6 Å². The maximum atomic E-state index is 13.9. The summed E-state index contributed by atoms with van der Waals surface area (Å²) in [5.41, 5.74) is 2.25. The van der Waals surface area contributed by atoms with E-state index in [-0.39, 0.29) is 22.9 Å². The molecule has 0 fully saturated rings. The highest BCUT2D eigenvalue weighted by Gasteiger charge is 2.09. The Balaban J connectivity index is 1.83. The molecule has 1 heterocycles. The van der Waals surface area contributed by atoms with Crippen LogP contribution in [0.4, 0.5) is 27.7 Å². The van der Waals surface area contributed by atoms with Gasteiger partial charge in [0, 0.05) is 5.69 Å². The summed E-state index contributed by atoms with van der Waals surface area (Å²) in [6, 6.07) is 13.5. The molecule has 0 saturated carbocycles. The average molecular weight is 355 g/mol. The van der Waals surface area contributed by atoms with E-state index in [2.05, 4.69) is 25.6 Å². The zero-order valence-electron chi connectivity index (χ0n) is 13.1. The van der Waals surface area contributed by atoms with E-state index in [0.29, 0.717) is 11.3 Å². The summed E-state index contributed by atoms with van der Waals surface area (Å²) >= 11 is 5.92. The standard InChI is InChI=1S/C17H12ClFN6/c1-10-2-7-14(13(19)8-10)22-17-24-15(18)23-16(25-17)21-12-5-3-11(9-20)4-6-12/h2-8H,1H3,(H2,21,22,23,24,25). The number of anilines is 4. The van der Waals surface area contributed by atoms with Crippen molar-refractivity contribution in [2.75, 3.05) is 10.6 Å². The van der Waals surface area contributed by atoms with E-state index in [1.807, 2.05) is 6.07 Å². The molecule has 0 saturated heterocycles. The molecule has 3 rings (SSSR count). The van der Waals surface area contributed by atoms with Crippen LogP contribution in [0.15, 0.2) is 42.5 Å². The Hall–Kier alpha value is -3.24. The van der Waals surface area contributed by atoms with Crippen molar-refractivity contribution < 1.29 is 4.39 Å². The molecule has 0 aliphatic rings. The molecule has 0 radical (unpaired) electrons. The monoisotopic (exact) mass is 354 g/mol. The summed E-state index contributed by atoms with van der Waals surface area (Å²) in [6.45, 7) is 1.80. The zero-order chi connectivity index (χ0) is 17.8. The average Bonchev–Trinajstić information content (AvgIpc) is 2.58. The van der Waals surface area contributed by atoms with Gasteiger partial charge in [0.2, 0.25) is 17.2 Å².